The molecule has 0 spiro atoms. The number of hydrogen-bond donors (Lipinski definition) is 1. The second-order valence-corrected chi connectivity index (χ2v) is 9.94. The van der Waals surface area contributed by atoms with Gasteiger partial charge in [0, 0.05) is 24.0 Å². The standard InChI is InChI=1S/C29H33BrN2O3/c1-21(2)19-31-29(34)27(17-22-8-5-4-6-9-22)32(20-24-10-7-11-25(30)16-24)28(33)18-23-12-14-26(35-3)15-13-23/h4-16,21,27H,17-20H2,1-3H3,(H,31,34). The summed E-state index contributed by atoms with van der Waals surface area (Å²) in [5.74, 6) is 0.809. The van der Waals surface area contributed by atoms with Crippen LogP contribution in [0.25, 0.3) is 0 Å². The van der Waals surface area contributed by atoms with Gasteiger partial charge in [-0.3, -0.25) is 9.59 Å². The van der Waals surface area contributed by atoms with Crippen molar-refractivity contribution in [3.63, 3.8) is 0 Å². The van der Waals surface area contributed by atoms with Gasteiger partial charge in [0.15, 0.2) is 0 Å². The summed E-state index contributed by atoms with van der Waals surface area (Å²) in [5.41, 5.74) is 2.84. The SMILES string of the molecule is COc1ccc(CC(=O)N(Cc2cccc(Br)c2)C(Cc2ccccc2)C(=O)NCC(C)C)cc1. The van der Waals surface area contributed by atoms with Gasteiger partial charge in [0.05, 0.1) is 13.5 Å². The van der Waals surface area contributed by atoms with E-state index in [1.54, 1.807) is 12.0 Å². The van der Waals surface area contributed by atoms with E-state index < -0.39 is 6.04 Å². The van der Waals surface area contributed by atoms with Crippen molar-refractivity contribution in [2.24, 2.45) is 5.92 Å². The van der Waals surface area contributed by atoms with Crippen LogP contribution in [0.15, 0.2) is 83.3 Å². The fourth-order valence-corrected chi connectivity index (χ4v) is 4.27. The van der Waals surface area contributed by atoms with Crippen molar-refractivity contribution in [3.8, 4) is 5.75 Å². The summed E-state index contributed by atoms with van der Waals surface area (Å²) in [5, 5.41) is 3.06. The predicted molar refractivity (Wildman–Crippen MR) is 143 cm³/mol. The summed E-state index contributed by atoms with van der Waals surface area (Å²) < 4.78 is 6.17. The minimum absolute atomic E-state index is 0.101. The van der Waals surface area contributed by atoms with E-state index in [9.17, 15) is 9.59 Å². The number of halogens is 1. The fourth-order valence-electron chi connectivity index (χ4n) is 3.83. The van der Waals surface area contributed by atoms with E-state index in [0.717, 1.165) is 26.9 Å². The van der Waals surface area contributed by atoms with Crippen LogP contribution in [-0.4, -0.2) is 36.4 Å². The Labute approximate surface area is 216 Å². The molecular formula is C29H33BrN2O3. The van der Waals surface area contributed by atoms with E-state index in [1.807, 2.05) is 78.9 Å². The van der Waals surface area contributed by atoms with Crippen LogP contribution < -0.4 is 10.1 Å². The lowest BCUT2D eigenvalue weighted by molar-refractivity contribution is -0.140. The molecule has 3 aromatic rings. The number of ether oxygens (including phenoxy) is 1. The van der Waals surface area contributed by atoms with Gasteiger partial charge >= 0.3 is 0 Å². The highest BCUT2D eigenvalue weighted by atomic mass is 79.9. The number of hydrogen-bond acceptors (Lipinski definition) is 3. The van der Waals surface area contributed by atoms with Gasteiger partial charge < -0.3 is 15.0 Å². The molecule has 0 aliphatic carbocycles. The molecule has 5 nitrogen and oxygen atoms in total. The lowest BCUT2D eigenvalue weighted by Gasteiger charge is -2.32. The second kappa shape index (κ2) is 13.1. The highest BCUT2D eigenvalue weighted by Crippen LogP contribution is 2.20. The van der Waals surface area contributed by atoms with E-state index in [0.29, 0.717) is 25.4 Å². The van der Waals surface area contributed by atoms with Gasteiger partial charge in [0.2, 0.25) is 11.8 Å². The highest BCUT2D eigenvalue weighted by molar-refractivity contribution is 9.10. The van der Waals surface area contributed by atoms with Crippen LogP contribution in [0.4, 0.5) is 0 Å². The maximum absolute atomic E-state index is 13.7. The van der Waals surface area contributed by atoms with Crippen molar-refractivity contribution >= 4 is 27.7 Å². The molecule has 0 bridgehead atoms. The number of nitrogens with zero attached hydrogens (tertiary/aromatic N) is 1. The maximum Gasteiger partial charge on any atom is 0.243 e. The Kier molecular flexibility index (Phi) is 9.91. The lowest BCUT2D eigenvalue weighted by atomic mass is 10.0. The third kappa shape index (κ3) is 8.25. The zero-order valence-corrected chi connectivity index (χ0v) is 22.1. The van der Waals surface area contributed by atoms with E-state index in [4.69, 9.17) is 4.74 Å². The molecule has 1 N–H and O–H groups in total. The largest absolute Gasteiger partial charge is 0.497 e. The normalized spacial score (nSPS) is 11.7. The Hall–Kier alpha value is -3.12. The van der Waals surface area contributed by atoms with Crippen molar-refractivity contribution in [1.82, 2.24) is 10.2 Å². The van der Waals surface area contributed by atoms with Crippen molar-refractivity contribution in [2.75, 3.05) is 13.7 Å². The number of amides is 2. The van der Waals surface area contributed by atoms with Gasteiger partial charge in [-0.1, -0.05) is 84.4 Å². The van der Waals surface area contributed by atoms with Crippen LogP contribution in [0.2, 0.25) is 0 Å². The molecule has 0 fully saturated rings. The Morgan fingerprint density at radius 3 is 2.23 bits per heavy atom. The van der Waals surface area contributed by atoms with Crippen LogP contribution in [0.3, 0.4) is 0 Å². The molecule has 3 rings (SSSR count). The highest BCUT2D eigenvalue weighted by Gasteiger charge is 2.30. The van der Waals surface area contributed by atoms with Crippen molar-refractivity contribution < 1.29 is 14.3 Å². The average molecular weight is 537 g/mol. The fraction of sp³-hybridized carbons (Fsp3) is 0.310. The summed E-state index contributed by atoms with van der Waals surface area (Å²) in [6.45, 7) is 5.00. The molecule has 3 aromatic carbocycles. The average Bonchev–Trinajstić information content (AvgIpc) is 2.85. The summed E-state index contributed by atoms with van der Waals surface area (Å²) in [7, 11) is 1.61. The number of carbonyl (C=O) groups is 2. The Morgan fingerprint density at radius 1 is 0.914 bits per heavy atom. The number of methoxy groups -OCH3 is 1. The van der Waals surface area contributed by atoms with Gasteiger partial charge in [-0.2, -0.15) is 0 Å². The minimum Gasteiger partial charge on any atom is -0.497 e. The van der Waals surface area contributed by atoms with Gasteiger partial charge in [-0.05, 0) is 46.9 Å². The number of nitrogens with one attached hydrogen (secondary N) is 1. The minimum atomic E-state index is -0.638. The topological polar surface area (TPSA) is 58.6 Å². The molecule has 0 saturated carbocycles. The first kappa shape index (κ1) is 26.5. The number of rotatable bonds is 11. The number of carbonyl (C=O) groups excluding carboxylic acids is 2. The molecule has 2 amide bonds. The molecule has 1 atom stereocenters. The summed E-state index contributed by atoms with van der Waals surface area (Å²) in [6, 6.07) is 24.5. The molecule has 0 heterocycles. The molecule has 0 radical (unpaired) electrons. The first-order chi connectivity index (χ1) is 16.9. The van der Waals surface area contributed by atoms with E-state index in [-0.39, 0.29) is 18.2 Å². The van der Waals surface area contributed by atoms with Gasteiger partial charge in [-0.25, -0.2) is 0 Å². The Morgan fingerprint density at radius 2 is 1.60 bits per heavy atom. The molecule has 0 saturated heterocycles. The molecule has 6 heteroatoms. The van der Waals surface area contributed by atoms with Crippen molar-refractivity contribution in [2.45, 2.75) is 39.3 Å². The summed E-state index contributed by atoms with van der Waals surface area (Å²) in [4.78, 5) is 28.9. The van der Waals surface area contributed by atoms with Crippen LogP contribution in [0, 0.1) is 5.92 Å². The maximum atomic E-state index is 13.7. The molecule has 0 aliphatic heterocycles. The predicted octanol–water partition coefficient (Wildman–Crippen LogP) is 5.41. The summed E-state index contributed by atoms with van der Waals surface area (Å²) >= 11 is 3.52. The molecule has 35 heavy (non-hydrogen) atoms. The molecule has 184 valence electrons. The third-order valence-corrected chi connectivity index (χ3v) is 6.21. The van der Waals surface area contributed by atoms with Crippen LogP contribution in [-0.2, 0) is 29.0 Å². The first-order valence-corrected chi connectivity index (χ1v) is 12.6. The Bertz CT molecular complexity index is 1100. The van der Waals surface area contributed by atoms with E-state index >= 15 is 0 Å². The monoisotopic (exact) mass is 536 g/mol. The molecular weight excluding hydrogens is 504 g/mol. The second-order valence-electron chi connectivity index (χ2n) is 9.02. The van der Waals surface area contributed by atoms with Crippen molar-refractivity contribution in [1.29, 1.82) is 0 Å². The van der Waals surface area contributed by atoms with Gasteiger partial charge in [0.25, 0.3) is 0 Å². The van der Waals surface area contributed by atoms with E-state index in [2.05, 4.69) is 35.1 Å². The van der Waals surface area contributed by atoms with Gasteiger partial charge in [-0.15, -0.1) is 0 Å². The third-order valence-electron chi connectivity index (χ3n) is 5.71. The molecule has 1 unspecified atom stereocenters. The lowest BCUT2D eigenvalue weighted by Crippen LogP contribution is -2.51. The quantitative estimate of drug-likeness (QED) is 0.356. The Balaban J connectivity index is 1.94. The molecule has 0 aliphatic rings. The zero-order chi connectivity index (χ0) is 25.2. The molecule has 0 aromatic heterocycles. The zero-order valence-electron chi connectivity index (χ0n) is 20.5. The van der Waals surface area contributed by atoms with E-state index in [1.165, 1.54) is 0 Å². The first-order valence-electron chi connectivity index (χ1n) is 11.8. The van der Waals surface area contributed by atoms with Crippen LogP contribution >= 0.6 is 15.9 Å². The summed E-state index contributed by atoms with van der Waals surface area (Å²) in [6.07, 6.45) is 0.633. The van der Waals surface area contributed by atoms with Gasteiger partial charge in [0.1, 0.15) is 11.8 Å². The number of benzene rings is 3. The van der Waals surface area contributed by atoms with Crippen LogP contribution in [0.5, 0.6) is 5.75 Å². The van der Waals surface area contributed by atoms with Crippen LogP contribution in [0.1, 0.15) is 30.5 Å². The van der Waals surface area contributed by atoms with Crippen molar-refractivity contribution in [3.05, 3.63) is 100 Å². The smallest absolute Gasteiger partial charge is 0.243 e.